The lowest BCUT2D eigenvalue weighted by molar-refractivity contribution is 0.0785. The average Bonchev–Trinajstić information content (AvgIpc) is 2.72. The van der Waals surface area contributed by atoms with Gasteiger partial charge in [0.05, 0.1) is 4.90 Å². The van der Waals surface area contributed by atoms with E-state index in [4.69, 9.17) is 0 Å². The van der Waals surface area contributed by atoms with Crippen molar-refractivity contribution >= 4 is 21.6 Å². The van der Waals surface area contributed by atoms with Crippen LogP contribution >= 0.6 is 0 Å². The first kappa shape index (κ1) is 22.4. The maximum Gasteiger partial charge on any atom is 0.262 e. The molecule has 1 amide bonds. The molecule has 0 spiro atoms. The summed E-state index contributed by atoms with van der Waals surface area (Å²) in [4.78, 5) is 14.2. The number of nitrogens with one attached hydrogen (secondary N) is 1. The molecule has 0 aliphatic heterocycles. The minimum Gasteiger partial charge on any atom is -0.337 e. The largest absolute Gasteiger partial charge is 0.337 e. The molecule has 0 aliphatic rings. The third-order valence-electron chi connectivity index (χ3n) is 4.77. The van der Waals surface area contributed by atoms with Crippen molar-refractivity contribution in [3.05, 3.63) is 94.6 Å². The molecule has 8 heteroatoms. The van der Waals surface area contributed by atoms with E-state index < -0.39 is 21.7 Å². The number of carbonyl (C=O) groups excluding carboxylic acids is 1. The number of rotatable bonds is 6. The summed E-state index contributed by atoms with van der Waals surface area (Å²) in [7, 11) is -2.23. The molecule has 1 N–H and O–H groups in total. The summed E-state index contributed by atoms with van der Waals surface area (Å²) in [5.41, 5.74) is 2.56. The van der Waals surface area contributed by atoms with E-state index in [-0.39, 0.29) is 17.3 Å². The number of sulfonamides is 1. The van der Waals surface area contributed by atoms with Crippen LogP contribution in [0, 0.1) is 25.5 Å². The Morgan fingerprint density at radius 2 is 1.61 bits per heavy atom. The van der Waals surface area contributed by atoms with Gasteiger partial charge in [-0.05, 0) is 73.0 Å². The van der Waals surface area contributed by atoms with E-state index in [0.29, 0.717) is 22.4 Å². The predicted octanol–water partition coefficient (Wildman–Crippen LogP) is 4.65. The third-order valence-corrected chi connectivity index (χ3v) is 6.29. The van der Waals surface area contributed by atoms with Crippen LogP contribution in [-0.4, -0.2) is 26.3 Å². The van der Waals surface area contributed by atoms with Gasteiger partial charge in [-0.25, -0.2) is 17.2 Å². The zero-order chi connectivity index (χ0) is 22.8. The zero-order valence-electron chi connectivity index (χ0n) is 17.3. The number of carbonyl (C=O) groups is 1. The normalized spacial score (nSPS) is 11.3. The van der Waals surface area contributed by atoms with Gasteiger partial charge in [0, 0.05) is 24.8 Å². The molecular weight excluding hydrogens is 422 g/mol. The molecule has 0 aromatic heterocycles. The highest BCUT2D eigenvalue weighted by atomic mass is 32.2. The first-order valence-electron chi connectivity index (χ1n) is 9.46. The fourth-order valence-electron chi connectivity index (χ4n) is 3.09. The van der Waals surface area contributed by atoms with E-state index in [2.05, 4.69) is 4.72 Å². The Hall–Kier alpha value is -3.26. The van der Waals surface area contributed by atoms with Gasteiger partial charge >= 0.3 is 0 Å². The van der Waals surface area contributed by atoms with Gasteiger partial charge in [0.15, 0.2) is 11.6 Å². The standard InChI is InChI=1S/C23H22F2N2O3S/c1-15-4-5-16(2)22(12-15)31(29,30)26-19-9-7-18(8-10-19)23(28)27(3)14-17-6-11-20(24)21(25)13-17/h4-13,26H,14H2,1-3H3. The van der Waals surface area contributed by atoms with Gasteiger partial charge in [0.2, 0.25) is 0 Å². The van der Waals surface area contributed by atoms with Crippen LogP contribution in [0.3, 0.4) is 0 Å². The molecular formula is C23H22F2N2O3S. The SMILES string of the molecule is Cc1ccc(C)c(S(=O)(=O)Nc2ccc(C(=O)N(C)Cc3ccc(F)c(F)c3)cc2)c1. The summed E-state index contributed by atoms with van der Waals surface area (Å²) >= 11 is 0. The first-order chi connectivity index (χ1) is 14.6. The van der Waals surface area contributed by atoms with Gasteiger partial charge in [-0.15, -0.1) is 0 Å². The second-order valence-electron chi connectivity index (χ2n) is 7.36. The van der Waals surface area contributed by atoms with Crippen LogP contribution in [0.5, 0.6) is 0 Å². The molecule has 3 aromatic carbocycles. The van der Waals surface area contributed by atoms with Gasteiger partial charge in [0.1, 0.15) is 0 Å². The third kappa shape index (κ3) is 5.27. The lowest BCUT2D eigenvalue weighted by Gasteiger charge is -2.18. The maximum absolute atomic E-state index is 13.4. The van der Waals surface area contributed by atoms with Gasteiger partial charge in [-0.3, -0.25) is 9.52 Å². The number of benzene rings is 3. The molecule has 3 aromatic rings. The molecule has 0 saturated carbocycles. The average molecular weight is 445 g/mol. The number of hydrogen-bond donors (Lipinski definition) is 1. The van der Waals surface area contributed by atoms with Crippen molar-refractivity contribution in [2.24, 2.45) is 0 Å². The van der Waals surface area contributed by atoms with E-state index in [9.17, 15) is 22.0 Å². The summed E-state index contributed by atoms with van der Waals surface area (Å²) in [6.07, 6.45) is 0. The quantitative estimate of drug-likeness (QED) is 0.602. The minimum absolute atomic E-state index is 0.0943. The lowest BCUT2D eigenvalue weighted by Crippen LogP contribution is -2.26. The Bertz CT molecular complexity index is 1230. The number of hydrogen-bond acceptors (Lipinski definition) is 3. The summed E-state index contributed by atoms with van der Waals surface area (Å²) < 4.78 is 54.4. The molecule has 0 bridgehead atoms. The fourth-order valence-corrected chi connectivity index (χ4v) is 4.48. The van der Waals surface area contributed by atoms with E-state index in [1.165, 1.54) is 35.2 Å². The van der Waals surface area contributed by atoms with Crippen molar-refractivity contribution in [3.63, 3.8) is 0 Å². The van der Waals surface area contributed by atoms with Crippen molar-refractivity contribution in [2.45, 2.75) is 25.3 Å². The molecule has 0 saturated heterocycles. The topological polar surface area (TPSA) is 66.5 Å². The Labute approximate surface area is 180 Å². The van der Waals surface area contributed by atoms with E-state index >= 15 is 0 Å². The molecule has 5 nitrogen and oxygen atoms in total. The van der Waals surface area contributed by atoms with Crippen molar-refractivity contribution < 1.29 is 22.0 Å². The molecule has 0 fully saturated rings. The van der Waals surface area contributed by atoms with E-state index in [1.807, 2.05) is 13.0 Å². The summed E-state index contributed by atoms with van der Waals surface area (Å²) in [5.74, 6) is -2.26. The van der Waals surface area contributed by atoms with Crippen LogP contribution in [0.15, 0.2) is 65.6 Å². The smallest absolute Gasteiger partial charge is 0.262 e. The molecule has 31 heavy (non-hydrogen) atoms. The maximum atomic E-state index is 13.4. The number of aryl methyl sites for hydroxylation is 2. The molecule has 0 radical (unpaired) electrons. The van der Waals surface area contributed by atoms with Crippen LogP contribution < -0.4 is 4.72 Å². The van der Waals surface area contributed by atoms with Gasteiger partial charge < -0.3 is 4.90 Å². The summed E-state index contributed by atoms with van der Waals surface area (Å²) in [5, 5.41) is 0. The van der Waals surface area contributed by atoms with Crippen molar-refractivity contribution in [3.8, 4) is 0 Å². The second-order valence-corrected chi connectivity index (χ2v) is 9.01. The molecule has 0 heterocycles. The van der Waals surface area contributed by atoms with Crippen molar-refractivity contribution in [1.29, 1.82) is 0 Å². The van der Waals surface area contributed by atoms with Gasteiger partial charge in [0.25, 0.3) is 15.9 Å². The number of amides is 1. The van der Waals surface area contributed by atoms with Gasteiger partial charge in [-0.2, -0.15) is 0 Å². The molecule has 162 valence electrons. The highest BCUT2D eigenvalue weighted by Crippen LogP contribution is 2.21. The van der Waals surface area contributed by atoms with Crippen LogP contribution in [-0.2, 0) is 16.6 Å². The lowest BCUT2D eigenvalue weighted by atomic mass is 10.1. The first-order valence-corrected chi connectivity index (χ1v) is 10.9. The van der Waals surface area contributed by atoms with E-state index in [1.54, 1.807) is 26.1 Å². The number of nitrogens with zero attached hydrogens (tertiary/aromatic N) is 1. The van der Waals surface area contributed by atoms with Gasteiger partial charge in [-0.1, -0.05) is 18.2 Å². The Balaban J connectivity index is 1.72. The molecule has 0 atom stereocenters. The van der Waals surface area contributed by atoms with Crippen molar-refractivity contribution in [2.75, 3.05) is 11.8 Å². The number of halogens is 2. The summed E-state index contributed by atoms with van der Waals surface area (Å²) in [6, 6.07) is 14.7. The minimum atomic E-state index is -3.78. The second kappa shape index (κ2) is 8.85. The summed E-state index contributed by atoms with van der Waals surface area (Å²) in [6.45, 7) is 3.63. The van der Waals surface area contributed by atoms with Crippen LogP contribution in [0.4, 0.5) is 14.5 Å². The van der Waals surface area contributed by atoms with Crippen LogP contribution in [0.1, 0.15) is 27.0 Å². The van der Waals surface area contributed by atoms with Crippen LogP contribution in [0.2, 0.25) is 0 Å². The Morgan fingerprint density at radius 3 is 2.26 bits per heavy atom. The van der Waals surface area contributed by atoms with Crippen molar-refractivity contribution in [1.82, 2.24) is 4.90 Å². The van der Waals surface area contributed by atoms with E-state index in [0.717, 1.165) is 17.7 Å². The zero-order valence-corrected chi connectivity index (χ0v) is 18.1. The highest BCUT2D eigenvalue weighted by Gasteiger charge is 2.18. The molecule has 3 rings (SSSR count). The van der Waals surface area contributed by atoms with Crippen LogP contribution in [0.25, 0.3) is 0 Å². The Morgan fingerprint density at radius 1 is 0.935 bits per heavy atom. The monoisotopic (exact) mass is 444 g/mol. The fraction of sp³-hybridized carbons (Fsp3) is 0.174. The predicted molar refractivity (Wildman–Crippen MR) is 115 cm³/mol. The highest BCUT2D eigenvalue weighted by molar-refractivity contribution is 7.92. The number of anilines is 1. The Kier molecular flexibility index (Phi) is 6.40. The molecule has 0 unspecified atom stereocenters. The molecule has 0 aliphatic carbocycles.